The quantitative estimate of drug-likeness (QED) is 0.475. The predicted octanol–water partition coefficient (Wildman–Crippen LogP) is 1.14. The van der Waals surface area contributed by atoms with Crippen LogP contribution in [0.2, 0.25) is 0 Å². The van der Waals surface area contributed by atoms with Crippen LogP contribution in [0.3, 0.4) is 0 Å². The minimum Gasteiger partial charge on any atom is -0.854 e. The number of benzene rings is 1. The third-order valence-corrected chi connectivity index (χ3v) is 3.47. The zero-order valence-electron chi connectivity index (χ0n) is 11.3. The molecule has 0 N–H and O–H groups in total. The van der Waals surface area contributed by atoms with E-state index in [2.05, 4.69) is 16.1 Å². The molecule has 0 atom stereocenters. The summed E-state index contributed by atoms with van der Waals surface area (Å²) in [7, 11) is 0. The Morgan fingerprint density at radius 2 is 1.80 bits per heavy atom. The van der Waals surface area contributed by atoms with Gasteiger partial charge in [0, 0.05) is 19.2 Å². The highest BCUT2D eigenvalue weighted by molar-refractivity contribution is 5.89. The summed E-state index contributed by atoms with van der Waals surface area (Å²) in [5.41, 5.74) is 1.72. The molecule has 1 aliphatic heterocycles. The monoisotopic (exact) mass is 267 g/mol. The maximum atomic E-state index is 12.0. The van der Waals surface area contributed by atoms with E-state index in [9.17, 15) is 5.11 Å². The molecule has 4 heteroatoms. The van der Waals surface area contributed by atoms with Crippen LogP contribution in [-0.4, -0.2) is 19.0 Å². The van der Waals surface area contributed by atoms with E-state index in [0.29, 0.717) is 5.56 Å². The van der Waals surface area contributed by atoms with Gasteiger partial charge in [-0.25, -0.2) is 0 Å². The number of nitrogens with zero attached hydrogens (tertiary/aromatic N) is 3. The predicted molar refractivity (Wildman–Crippen MR) is 76.5 cm³/mol. The lowest BCUT2D eigenvalue weighted by Crippen LogP contribution is -2.34. The number of hydrogen-bond donors (Lipinski definition) is 0. The third-order valence-electron chi connectivity index (χ3n) is 3.47. The molecular weight excluding hydrogens is 250 g/mol. The second-order valence-electron chi connectivity index (χ2n) is 4.91. The summed E-state index contributed by atoms with van der Waals surface area (Å²) < 4.78 is 1.60. The van der Waals surface area contributed by atoms with Gasteiger partial charge in [-0.05, 0) is 29.6 Å². The number of pyridine rings is 1. The molecular formula is C16H17N3O. The lowest BCUT2D eigenvalue weighted by atomic mass is 10.2. The van der Waals surface area contributed by atoms with E-state index >= 15 is 0 Å². The molecule has 20 heavy (non-hydrogen) atoms. The van der Waals surface area contributed by atoms with Gasteiger partial charge in [-0.1, -0.05) is 35.0 Å². The van der Waals surface area contributed by atoms with E-state index in [-0.39, 0.29) is 5.90 Å². The van der Waals surface area contributed by atoms with Crippen LogP contribution in [0.5, 0.6) is 0 Å². The smallest absolute Gasteiger partial charge is 0.225 e. The van der Waals surface area contributed by atoms with E-state index in [1.807, 2.05) is 30.5 Å². The molecule has 4 nitrogen and oxygen atoms in total. The van der Waals surface area contributed by atoms with Crippen LogP contribution in [0.1, 0.15) is 18.4 Å². The highest BCUT2D eigenvalue weighted by atomic mass is 16.3. The van der Waals surface area contributed by atoms with Crippen LogP contribution in [0, 0.1) is 0 Å². The van der Waals surface area contributed by atoms with Crippen LogP contribution < -0.4 is 14.7 Å². The van der Waals surface area contributed by atoms with Crippen molar-refractivity contribution in [1.82, 2.24) is 0 Å². The first-order valence-electron chi connectivity index (χ1n) is 6.90. The maximum absolute atomic E-state index is 12.0. The van der Waals surface area contributed by atoms with Crippen LogP contribution in [0.4, 0.5) is 5.69 Å². The summed E-state index contributed by atoms with van der Waals surface area (Å²) in [6.45, 7) is 2.16. The topological polar surface area (TPSA) is 42.5 Å². The molecule has 0 radical (unpaired) electrons. The van der Waals surface area contributed by atoms with E-state index in [1.165, 1.54) is 12.8 Å². The molecule has 3 rings (SSSR count). The Morgan fingerprint density at radius 3 is 2.55 bits per heavy atom. The summed E-state index contributed by atoms with van der Waals surface area (Å²) in [4.78, 5) is 2.32. The van der Waals surface area contributed by atoms with E-state index in [4.69, 9.17) is 0 Å². The number of rotatable bonds is 3. The van der Waals surface area contributed by atoms with Crippen molar-refractivity contribution in [2.45, 2.75) is 12.8 Å². The molecule has 1 aliphatic rings. The maximum Gasteiger partial charge on any atom is 0.225 e. The average Bonchev–Trinajstić information content (AvgIpc) is 3.03. The van der Waals surface area contributed by atoms with Crippen molar-refractivity contribution < 1.29 is 9.78 Å². The fourth-order valence-electron chi connectivity index (χ4n) is 2.42. The Labute approximate surface area is 118 Å². The van der Waals surface area contributed by atoms with Gasteiger partial charge in [0.05, 0.1) is 5.90 Å². The lowest BCUT2D eigenvalue weighted by Gasteiger charge is -2.15. The van der Waals surface area contributed by atoms with Crippen LogP contribution in [-0.2, 0) is 0 Å². The van der Waals surface area contributed by atoms with Gasteiger partial charge >= 0.3 is 0 Å². The molecule has 2 heterocycles. The van der Waals surface area contributed by atoms with Gasteiger partial charge in [-0.15, -0.1) is 0 Å². The standard InChI is InChI=1S/C16H17N3O/c20-16(14-7-2-1-3-8-14)17-19-12-6-9-15(13-19)18-10-4-5-11-18/h1-3,6-9,12-13H,4-5,10-11H2. The van der Waals surface area contributed by atoms with E-state index in [1.54, 1.807) is 23.0 Å². The molecule has 0 aliphatic carbocycles. The number of anilines is 1. The van der Waals surface area contributed by atoms with Crippen molar-refractivity contribution in [3.8, 4) is 0 Å². The minimum absolute atomic E-state index is 0.228. The van der Waals surface area contributed by atoms with Gasteiger partial charge in [0.25, 0.3) is 0 Å². The summed E-state index contributed by atoms with van der Waals surface area (Å²) in [5, 5.41) is 16.2. The molecule has 1 saturated heterocycles. The Morgan fingerprint density at radius 1 is 1.05 bits per heavy atom. The zero-order chi connectivity index (χ0) is 13.8. The minimum atomic E-state index is -0.228. The first-order chi connectivity index (χ1) is 9.83. The zero-order valence-corrected chi connectivity index (χ0v) is 11.3. The molecule has 1 fully saturated rings. The summed E-state index contributed by atoms with van der Waals surface area (Å²) >= 11 is 0. The van der Waals surface area contributed by atoms with Gasteiger partial charge in [0.2, 0.25) is 12.4 Å². The van der Waals surface area contributed by atoms with Crippen molar-refractivity contribution in [3.63, 3.8) is 0 Å². The van der Waals surface area contributed by atoms with Crippen molar-refractivity contribution in [2.24, 2.45) is 5.10 Å². The Hall–Kier alpha value is -2.36. The van der Waals surface area contributed by atoms with Gasteiger partial charge in [-0.2, -0.15) is 0 Å². The summed E-state index contributed by atoms with van der Waals surface area (Å²) in [6, 6.07) is 13.1. The second-order valence-corrected chi connectivity index (χ2v) is 4.91. The molecule has 2 aromatic rings. The highest BCUT2D eigenvalue weighted by Gasteiger charge is 2.14. The largest absolute Gasteiger partial charge is 0.854 e. The summed E-state index contributed by atoms with van der Waals surface area (Å²) in [5.74, 6) is -0.228. The van der Waals surface area contributed by atoms with E-state index < -0.39 is 0 Å². The van der Waals surface area contributed by atoms with Crippen molar-refractivity contribution in [1.29, 1.82) is 0 Å². The van der Waals surface area contributed by atoms with Crippen LogP contribution in [0.25, 0.3) is 0 Å². The van der Waals surface area contributed by atoms with Gasteiger partial charge in [0.15, 0.2) is 0 Å². The van der Waals surface area contributed by atoms with Crippen molar-refractivity contribution in [2.75, 3.05) is 18.0 Å². The number of aromatic nitrogens is 1. The molecule has 0 bridgehead atoms. The van der Waals surface area contributed by atoms with Crippen molar-refractivity contribution >= 4 is 11.6 Å². The Bertz CT molecular complexity index is 604. The molecule has 0 saturated carbocycles. The fourth-order valence-corrected chi connectivity index (χ4v) is 2.42. The average molecular weight is 267 g/mol. The van der Waals surface area contributed by atoms with Crippen molar-refractivity contribution in [3.05, 3.63) is 60.4 Å². The van der Waals surface area contributed by atoms with Gasteiger partial charge in [-0.3, -0.25) is 0 Å². The first kappa shape index (κ1) is 12.7. The van der Waals surface area contributed by atoms with Gasteiger partial charge in [0.1, 0.15) is 5.69 Å². The summed E-state index contributed by atoms with van der Waals surface area (Å²) in [6.07, 6.45) is 6.16. The molecule has 102 valence electrons. The molecule has 0 unspecified atom stereocenters. The third kappa shape index (κ3) is 2.79. The Kier molecular flexibility index (Phi) is 3.63. The van der Waals surface area contributed by atoms with E-state index in [0.717, 1.165) is 18.8 Å². The molecule has 0 spiro atoms. The lowest BCUT2D eigenvalue weighted by molar-refractivity contribution is -0.680. The SMILES string of the molecule is [O-]/C(=N\[n+]1cccc(N2CCCC2)c1)c1ccccc1. The second kappa shape index (κ2) is 5.74. The molecule has 0 amide bonds. The first-order valence-corrected chi connectivity index (χ1v) is 6.90. The highest BCUT2D eigenvalue weighted by Crippen LogP contribution is 2.17. The number of hydrogen-bond acceptors (Lipinski definition) is 3. The van der Waals surface area contributed by atoms with Gasteiger partial charge < -0.3 is 10.0 Å². The van der Waals surface area contributed by atoms with Crippen LogP contribution in [0.15, 0.2) is 60.0 Å². The van der Waals surface area contributed by atoms with Crippen LogP contribution >= 0.6 is 0 Å². The normalized spacial score (nSPS) is 15.6. The molecule has 1 aromatic carbocycles. The molecule has 1 aromatic heterocycles. The fraction of sp³-hybridized carbons (Fsp3) is 0.250. The Balaban J connectivity index is 1.85.